The van der Waals surface area contributed by atoms with Gasteiger partial charge in [-0.25, -0.2) is 4.68 Å². The largest absolute Gasteiger partial charge is 0.361 e. The number of benzene rings is 1. The smallest absolute Gasteiger partial charge is 0.267 e. The van der Waals surface area contributed by atoms with Crippen LogP contribution in [0, 0.1) is 0 Å². The highest BCUT2D eigenvalue weighted by Crippen LogP contribution is 2.25. The molecule has 146 valence electrons. The molecule has 0 atom stereocenters. The van der Waals surface area contributed by atoms with Crippen molar-refractivity contribution in [3.05, 3.63) is 64.2 Å². The highest BCUT2D eigenvalue weighted by atomic mass is 16.2. The van der Waals surface area contributed by atoms with Gasteiger partial charge in [-0.3, -0.25) is 9.59 Å². The third-order valence-electron chi connectivity index (χ3n) is 5.52. The molecule has 1 N–H and O–H groups in total. The van der Waals surface area contributed by atoms with Gasteiger partial charge in [-0.2, -0.15) is 5.10 Å². The topological polar surface area (TPSA) is 71.0 Å². The first kappa shape index (κ1) is 18.5. The van der Waals surface area contributed by atoms with E-state index in [-0.39, 0.29) is 22.9 Å². The second-order valence-corrected chi connectivity index (χ2v) is 8.52. The van der Waals surface area contributed by atoms with Crippen LogP contribution in [0.15, 0.2) is 47.4 Å². The van der Waals surface area contributed by atoms with Gasteiger partial charge in [-0.1, -0.05) is 26.8 Å². The lowest BCUT2D eigenvalue weighted by molar-refractivity contribution is 0.0689. The number of fused-ring (bicyclic) bond motifs is 1. The first-order valence-corrected chi connectivity index (χ1v) is 9.80. The van der Waals surface area contributed by atoms with Gasteiger partial charge in [-0.15, -0.1) is 0 Å². The molecule has 6 nitrogen and oxygen atoms in total. The van der Waals surface area contributed by atoms with Gasteiger partial charge in [0.25, 0.3) is 11.5 Å². The molecule has 0 saturated carbocycles. The normalized spacial score (nSPS) is 15.9. The van der Waals surface area contributed by atoms with E-state index in [0.29, 0.717) is 13.1 Å². The van der Waals surface area contributed by atoms with Crippen molar-refractivity contribution in [1.29, 1.82) is 0 Å². The Bertz CT molecular complexity index is 1070. The average molecular weight is 378 g/mol. The van der Waals surface area contributed by atoms with Gasteiger partial charge >= 0.3 is 0 Å². The summed E-state index contributed by atoms with van der Waals surface area (Å²) in [5.74, 6) is 0.0485. The van der Waals surface area contributed by atoms with E-state index in [9.17, 15) is 9.59 Å². The van der Waals surface area contributed by atoms with Crippen LogP contribution in [-0.2, 0) is 5.41 Å². The van der Waals surface area contributed by atoms with Crippen molar-refractivity contribution in [2.45, 2.75) is 45.1 Å². The number of amides is 1. The van der Waals surface area contributed by atoms with Crippen LogP contribution in [0.5, 0.6) is 0 Å². The maximum absolute atomic E-state index is 13.0. The van der Waals surface area contributed by atoms with Crippen molar-refractivity contribution >= 4 is 16.8 Å². The fraction of sp³-hybridized carbons (Fsp3) is 0.409. The monoisotopic (exact) mass is 378 g/mol. The molecule has 2 aromatic heterocycles. The summed E-state index contributed by atoms with van der Waals surface area (Å²) < 4.78 is 1.62. The van der Waals surface area contributed by atoms with Crippen LogP contribution in [0.25, 0.3) is 10.9 Å². The highest BCUT2D eigenvalue weighted by molar-refractivity contribution is 6.06. The van der Waals surface area contributed by atoms with Gasteiger partial charge in [0.15, 0.2) is 0 Å². The first-order chi connectivity index (χ1) is 13.3. The number of carbonyl (C=O) groups excluding carboxylic acids is 1. The van der Waals surface area contributed by atoms with Gasteiger partial charge in [0.05, 0.1) is 11.7 Å². The summed E-state index contributed by atoms with van der Waals surface area (Å²) in [5.41, 5.74) is 2.42. The third-order valence-corrected chi connectivity index (χ3v) is 5.52. The second-order valence-electron chi connectivity index (χ2n) is 8.52. The van der Waals surface area contributed by atoms with Crippen LogP contribution >= 0.6 is 0 Å². The predicted molar refractivity (Wildman–Crippen MR) is 110 cm³/mol. The number of nitrogens with one attached hydrogen (secondary N) is 1. The molecule has 1 aliphatic rings. The number of hydrogen-bond acceptors (Lipinski definition) is 3. The van der Waals surface area contributed by atoms with Gasteiger partial charge in [0.2, 0.25) is 0 Å². The average Bonchev–Trinajstić information content (AvgIpc) is 3.16. The Kier molecular flexibility index (Phi) is 4.57. The summed E-state index contributed by atoms with van der Waals surface area (Å²) in [7, 11) is 0. The molecule has 1 aromatic carbocycles. The highest BCUT2D eigenvalue weighted by Gasteiger charge is 2.27. The Labute approximate surface area is 164 Å². The Balaban J connectivity index is 1.52. The summed E-state index contributed by atoms with van der Waals surface area (Å²) in [6.07, 6.45) is 3.32. The molecule has 1 saturated heterocycles. The Morgan fingerprint density at radius 1 is 1.11 bits per heavy atom. The van der Waals surface area contributed by atoms with Crippen LogP contribution in [-0.4, -0.2) is 38.7 Å². The fourth-order valence-corrected chi connectivity index (χ4v) is 3.84. The molecule has 6 heteroatoms. The van der Waals surface area contributed by atoms with Crippen LogP contribution in [0.2, 0.25) is 0 Å². The lowest BCUT2D eigenvalue weighted by Crippen LogP contribution is -2.41. The first-order valence-electron chi connectivity index (χ1n) is 9.80. The van der Waals surface area contributed by atoms with Crippen molar-refractivity contribution in [3.8, 4) is 0 Å². The number of rotatable bonds is 2. The number of hydrogen-bond donors (Lipinski definition) is 1. The Hall–Kier alpha value is -2.89. The minimum absolute atomic E-state index is 0.0295. The van der Waals surface area contributed by atoms with E-state index in [1.165, 1.54) is 0 Å². The zero-order chi connectivity index (χ0) is 19.9. The molecule has 4 rings (SSSR count). The van der Waals surface area contributed by atoms with Crippen molar-refractivity contribution in [2.24, 2.45) is 0 Å². The fourth-order valence-electron chi connectivity index (χ4n) is 3.84. The number of carbonyl (C=O) groups is 1. The number of nitrogens with zero attached hydrogens (tertiary/aromatic N) is 3. The van der Waals surface area contributed by atoms with E-state index in [0.717, 1.165) is 35.0 Å². The van der Waals surface area contributed by atoms with Crippen molar-refractivity contribution in [3.63, 3.8) is 0 Å². The zero-order valence-electron chi connectivity index (χ0n) is 16.6. The Morgan fingerprint density at radius 3 is 2.57 bits per heavy atom. The standard InChI is InChI=1S/C22H26N4O2/c1-22(2,3)19-7-8-20(27)26(24-19)15-10-13-25(14-11-15)21(28)17-5-4-6-18-16(17)9-12-23-18/h4-9,12,15,23H,10-11,13-14H2,1-3H3. The zero-order valence-corrected chi connectivity index (χ0v) is 16.6. The molecule has 1 fully saturated rings. The van der Waals surface area contributed by atoms with Crippen LogP contribution in [0.3, 0.4) is 0 Å². The number of likely N-dealkylation sites (tertiary alicyclic amines) is 1. The SMILES string of the molecule is CC(C)(C)c1ccc(=O)n(C2CCN(C(=O)c3cccc4[nH]ccc34)CC2)n1. The lowest BCUT2D eigenvalue weighted by atomic mass is 9.92. The van der Waals surface area contributed by atoms with Crippen LogP contribution in [0.4, 0.5) is 0 Å². The quantitative estimate of drug-likeness (QED) is 0.742. The maximum Gasteiger partial charge on any atom is 0.267 e. The minimum atomic E-state index is -0.110. The minimum Gasteiger partial charge on any atom is -0.361 e. The molecule has 0 aliphatic carbocycles. The van der Waals surface area contributed by atoms with Crippen LogP contribution < -0.4 is 5.56 Å². The van der Waals surface area contributed by atoms with Crippen molar-refractivity contribution < 1.29 is 4.79 Å². The van der Waals surface area contributed by atoms with E-state index >= 15 is 0 Å². The van der Waals surface area contributed by atoms with Gasteiger partial charge in [0.1, 0.15) is 0 Å². The summed E-state index contributed by atoms with van der Waals surface area (Å²) in [6.45, 7) is 7.52. The lowest BCUT2D eigenvalue weighted by Gasteiger charge is -2.33. The van der Waals surface area contributed by atoms with Crippen molar-refractivity contribution in [2.75, 3.05) is 13.1 Å². The molecule has 1 amide bonds. The molecule has 3 aromatic rings. The van der Waals surface area contributed by atoms with E-state index in [1.807, 2.05) is 41.4 Å². The molecule has 0 bridgehead atoms. The van der Waals surface area contributed by atoms with E-state index < -0.39 is 0 Å². The van der Waals surface area contributed by atoms with E-state index in [1.54, 1.807) is 10.7 Å². The molecule has 3 heterocycles. The summed E-state index contributed by atoms with van der Waals surface area (Å²) in [5, 5.41) is 5.58. The molecule has 0 unspecified atom stereocenters. The molecule has 0 radical (unpaired) electrons. The number of aromatic nitrogens is 3. The Morgan fingerprint density at radius 2 is 1.86 bits per heavy atom. The molecule has 28 heavy (non-hydrogen) atoms. The van der Waals surface area contributed by atoms with E-state index in [4.69, 9.17) is 0 Å². The third kappa shape index (κ3) is 3.35. The van der Waals surface area contributed by atoms with Crippen molar-refractivity contribution in [1.82, 2.24) is 19.7 Å². The molecular weight excluding hydrogens is 352 g/mol. The molecule has 0 spiro atoms. The van der Waals surface area contributed by atoms with Crippen LogP contribution in [0.1, 0.15) is 55.7 Å². The van der Waals surface area contributed by atoms with Gasteiger partial charge in [0, 0.05) is 47.2 Å². The van der Waals surface area contributed by atoms with Gasteiger partial charge in [-0.05, 0) is 37.1 Å². The molecule has 1 aliphatic heterocycles. The second kappa shape index (κ2) is 6.93. The van der Waals surface area contributed by atoms with E-state index in [2.05, 4.69) is 30.9 Å². The number of aromatic amines is 1. The summed E-state index contributed by atoms with van der Waals surface area (Å²) in [6, 6.07) is 11.1. The summed E-state index contributed by atoms with van der Waals surface area (Å²) in [4.78, 5) is 30.4. The predicted octanol–water partition coefficient (Wildman–Crippen LogP) is 3.50. The molecular formula is C22H26N4O2. The summed E-state index contributed by atoms with van der Waals surface area (Å²) >= 11 is 0. The maximum atomic E-state index is 13.0. The number of H-pyrrole nitrogens is 1. The number of piperidine rings is 1. The van der Waals surface area contributed by atoms with Gasteiger partial charge < -0.3 is 9.88 Å².